The number of amides is 1. The topological polar surface area (TPSA) is 41.6 Å². The average Bonchev–Trinajstić information content (AvgIpc) is 2.40. The molecule has 0 saturated carbocycles. The zero-order valence-electron chi connectivity index (χ0n) is 9.89. The Kier molecular flexibility index (Phi) is 6.25. The SMILES string of the molecule is Cl.O=C(CCl)Nc1ccccc1N1CCOCC1. The molecule has 0 atom stereocenters. The second-order valence-corrected chi connectivity index (χ2v) is 4.07. The van der Waals surface area contributed by atoms with E-state index in [0.717, 1.165) is 37.7 Å². The molecule has 1 aliphatic rings. The van der Waals surface area contributed by atoms with Crippen molar-refractivity contribution in [3.8, 4) is 0 Å². The molecule has 1 amide bonds. The standard InChI is InChI=1S/C12H15ClN2O2.ClH/c13-9-12(16)14-10-3-1-2-4-11(10)15-5-7-17-8-6-15;/h1-4H,5-9H2,(H,14,16);1H. The highest BCUT2D eigenvalue weighted by atomic mass is 35.5. The van der Waals surface area contributed by atoms with E-state index in [2.05, 4.69) is 10.2 Å². The van der Waals surface area contributed by atoms with Crippen molar-refractivity contribution in [2.24, 2.45) is 0 Å². The zero-order chi connectivity index (χ0) is 12.1. The molecular weight excluding hydrogens is 275 g/mol. The number of nitrogens with zero attached hydrogens (tertiary/aromatic N) is 1. The number of benzene rings is 1. The van der Waals surface area contributed by atoms with Crippen molar-refractivity contribution in [3.05, 3.63) is 24.3 Å². The van der Waals surface area contributed by atoms with Crippen molar-refractivity contribution in [2.45, 2.75) is 0 Å². The first-order valence-electron chi connectivity index (χ1n) is 5.59. The molecule has 6 heteroatoms. The third-order valence-corrected chi connectivity index (χ3v) is 2.89. The lowest BCUT2D eigenvalue weighted by atomic mass is 10.2. The van der Waals surface area contributed by atoms with Gasteiger partial charge in [0.15, 0.2) is 0 Å². The molecule has 1 aromatic carbocycles. The minimum absolute atomic E-state index is 0. The molecule has 1 aromatic rings. The van der Waals surface area contributed by atoms with Gasteiger partial charge in [0.1, 0.15) is 5.88 Å². The molecule has 0 spiro atoms. The first kappa shape index (κ1) is 15.1. The molecular formula is C12H16Cl2N2O2. The van der Waals surface area contributed by atoms with E-state index in [4.69, 9.17) is 16.3 Å². The van der Waals surface area contributed by atoms with Gasteiger partial charge in [0.2, 0.25) is 5.91 Å². The lowest BCUT2D eigenvalue weighted by molar-refractivity contribution is -0.113. The number of rotatable bonds is 3. The number of halogens is 2. The lowest BCUT2D eigenvalue weighted by Gasteiger charge is -2.30. The van der Waals surface area contributed by atoms with E-state index < -0.39 is 0 Å². The Balaban J connectivity index is 0.00000162. The summed E-state index contributed by atoms with van der Waals surface area (Å²) in [6.45, 7) is 3.12. The minimum atomic E-state index is -0.188. The van der Waals surface area contributed by atoms with E-state index in [1.165, 1.54) is 0 Å². The van der Waals surface area contributed by atoms with Crippen LogP contribution in [0.5, 0.6) is 0 Å². The van der Waals surface area contributed by atoms with Crippen LogP contribution in [0.1, 0.15) is 0 Å². The Bertz CT molecular complexity index is 395. The Morgan fingerprint density at radius 1 is 1.33 bits per heavy atom. The van der Waals surface area contributed by atoms with Gasteiger partial charge >= 0.3 is 0 Å². The van der Waals surface area contributed by atoms with Crippen molar-refractivity contribution < 1.29 is 9.53 Å². The first-order valence-corrected chi connectivity index (χ1v) is 6.12. The average molecular weight is 291 g/mol. The summed E-state index contributed by atoms with van der Waals surface area (Å²) in [5.74, 6) is -0.218. The van der Waals surface area contributed by atoms with Crippen molar-refractivity contribution >= 4 is 41.3 Å². The van der Waals surface area contributed by atoms with Gasteiger partial charge in [0.05, 0.1) is 24.6 Å². The summed E-state index contributed by atoms with van der Waals surface area (Å²) in [5.41, 5.74) is 1.83. The second-order valence-electron chi connectivity index (χ2n) is 3.80. The number of morpholine rings is 1. The van der Waals surface area contributed by atoms with Crippen LogP contribution < -0.4 is 10.2 Å². The van der Waals surface area contributed by atoms with Crippen molar-refractivity contribution in [1.29, 1.82) is 0 Å². The third kappa shape index (κ3) is 3.77. The van der Waals surface area contributed by atoms with E-state index in [9.17, 15) is 4.79 Å². The lowest BCUT2D eigenvalue weighted by Crippen LogP contribution is -2.36. The molecule has 1 aliphatic heterocycles. The second kappa shape index (κ2) is 7.46. The first-order chi connectivity index (χ1) is 8.31. The summed E-state index contributed by atoms with van der Waals surface area (Å²) in [4.78, 5) is 13.5. The van der Waals surface area contributed by atoms with Gasteiger partial charge in [0, 0.05) is 13.1 Å². The predicted molar refractivity (Wildman–Crippen MR) is 76.1 cm³/mol. The van der Waals surface area contributed by atoms with E-state index in [1.807, 2.05) is 24.3 Å². The molecule has 18 heavy (non-hydrogen) atoms. The Labute approximate surface area is 118 Å². The molecule has 0 radical (unpaired) electrons. The fraction of sp³-hybridized carbons (Fsp3) is 0.417. The summed E-state index contributed by atoms with van der Waals surface area (Å²) in [6, 6.07) is 7.74. The number of hydrogen-bond donors (Lipinski definition) is 1. The number of nitrogens with one attached hydrogen (secondary N) is 1. The normalized spacial score (nSPS) is 14.8. The fourth-order valence-corrected chi connectivity index (χ4v) is 1.91. The van der Waals surface area contributed by atoms with Crippen molar-refractivity contribution in [3.63, 3.8) is 0 Å². The molecule has 1 N–H and O–H groups in total. The largest absolute Gasteiger partial charge is 0.378 e. The number of para-hydroxylation sites is 2. The van der Waals surface area contributed by atoms with Crippen LogP contribution in [0.3, 0.4) is 0 Å². The highest BCUT2D eigenvalue weighted by molar-refractivity contribution is 6.29. The van der Waals surface area contributed by atoms with Crippen LogP contribution in [-0.4, -0.2) is 38.1 Å². The Morgan fingerprint density at radius 2 is 2.00 bits per heavy atom. The number of carbonyl (C=O) groups excluding carboxylic acids is 1. The number of hydrogen-bond acceptors (Lipinski definition) is 3. The smallest absolute Gasteiger partial charge is 0.239 e. The van der Waals surface area contributed by atoms with Gasteiger partial charge in [-0.2, -0.15) is 0 Å². The van der Waals surface area contributed by atoms with Crippen LogP contribution in [0.2, 0.25) is 0 Å². The van der Waals surface area contributed by atoms with E-state index in [0.29, 0.717) is 0 Å². The molecule has 0 unspecified atom stereocenters. The highest BCUT2D eigenvalue weighted by Gasteiger charge is 2.15. The minimum Gasteiger partial charge on any atom is -0.378 e. The molecule has 1 fully saturated rings. The van der Waals surface area contributed by atoms with E-state index in [-0.39, 0.29) is 24.2 Å². The zero-order valence-corrected chi connectivity index (χ0v) is 11.5. The quantitative estimate of drug-likeness (QED) is 0.867. The van der Waals surface area contributed by atoms with E-state index in [1.54, 1.807) is 0 Å². The number of anilines is 2. The van der Waals surface area contributed by atoms with Gasteiger partial charge in [-0.15, -0.1) is 24.0 Å². The Hall–Kier alpha value is -0.970. The number of ether oxygens (including phenoxy) is 1. The Morgan fingerprint density at radius 3 is 2.67 bits per heavy atom. The summed E-state index contributed by atoms with van der Waals surface area (Å²) in [6.07, 6.45) is 0. The van der Waals surface area contributed by atoms with Gasteiger partial charge in [-0.1, -0.05) is 12.1 Å². The van der Waals surface area contributed by atoms with E-state index >= 15 is 0 Å². The number of carbonyl (C=O) groups is 1. The third-order valence-electron chi connectivity index (χ3n) is 2.65. The van der Waals surface area contributed by atoms with Crippen LogP contribution in [0, 0.1) is 0 Å². The summed E-state index contributed by atoms with van der Waals surface area (Å²) in [7, 11) is 0. The van der Waals surface area contributed by atoms with Gasteiger partial charge in [-0.05, 0) is 12.1 Å². The highest BCUT2D eigenvalue weighted by Crippen LogP contribution is 2.26. The molecule has 1 heterocycles. The summed E-state index contributed by atoms with van der Waals surface area (Å²) < 4.78 is 5.31. The van der Waals surface area contributed by atoms with Crippen LogP contribution in [0.15, 0.2) is 24.3 Å². The van der Waals surface area contributed by atoms with Crippen LogP contribution in [0.25, 0.3) is 0 Å². The summed E-state index contributed by atoms with van der Waals surface area (Å²) in [5, 5.41) is 2.80. The molecule has 100 valence electrons. The van der Waals surface area contributed by atoms with Gasteiger partial charge in [-0.3, -0.25) is 4.79 Å². The maximum Gasteiger partial charge on any atom is 0.239 e. The molecule has 0 aliphatic carbocycles. The van der Waals surface area contributed by atoms with Crippen molar-refractivity contribution in [2.75, 3.05) is 42.4 Å². The van der Waals surface area contributed by atoms with Crippen molar-refractivity contribution in [1.82, 2.24) is 0 Å². The van der Waals surface area contributed by atoms with Crippen LogP contribution in [0.4, 0.5) is 11.4 Å². The molecule has 0 bridgehead atoms. The molecule has 0 aromatic heterocycles. The molecule has 1 saturated heterocycles. The fourth-order valence-electron chi connectivity index (χ4n) is 1.84. The van der Waals surface area contributed by atoms with Crippen LogP contribution in [-0.2, 0) is 9.53 Å². The molecule has 4 nitrogen and oxygen atoms in total. The van der Waals surface area contributed by atoms with Gasteiger partial charge in [0.25, 0.3) is 0 Å². The maximum atomic E-state index is 11.3. The monoisotopic (exact) mass is 290 g/mol. The van der Waals surface area contributed by atoms with Gasteiger partial charge in [-0.25, -0.2) is 0 Å². The van der Waals surface area contributed by atoms with Crippen LogP contribution >= 0.6 is 24.0 Å². The van der Waals surface area contributed by atoms with Gasteiger partial charge < -0.3 is 15.0 Å². The summed E-state index contributed by atoms with van der Waals surface area (Å²) >= 11 is 5.49. The predicted octanol–water partition coefficient (Wildman–Crippen LogP) is 2.12. The number of alkyl halides is 1. The molecule has 2 rings (SSSR count). The maximum absolute atomic E-state index is 11.3.